The molecule has 1 aliphatic rings. The van der Waals surface area contributed by atoms with Gasteiger partial charge in [-0.05, 0) is 0 Å². The number of rotatable bonds is 0. The summed E-state index contributed by atoms with van der Waals surface area (Å²) in [6.07, 6.45) is 10.0. The van der Waals surface area contributed by atoms with Crippen molar-refractivity contribution in [3.8, 4) is 0 Å². The molecule has 0 unspecified atom stereocenters. The zero-order valence-electron chi connectivity index (χ0n) is 9.66. The van der Waals surface area contributed by atoms with Gasteiger partial charge in [0.25, 0.3) is 0 Å². The van der Waals surface area contributed by atoms with E-state index in [-0.39, 0.29) is 101 Å². The zero-order chi connectivity index (χ0) is 3.54. The molecule has 0 atom stereocenters. The molecule has 0 fully saturated rings. The van der Waals surface area contributed by atoms with Gasteiger partial charge in [-0.2, -0.15) is 6.08 Å². The molecule has 0 nitrogen and oxygen atoms in total. The van der Waals surface area contributed by atoms with E-state index < -0.39 is 0 Å². The van der Waals surface area contributed by atoms with Gasteiger partial charge in [-0.15, -0.1) is 43.6 Å². The first-order valence-electron chi connectivity index (χ1n) is 1.72. The molecule has 0 N–H and O–H groups in total. The maximum absolute atomic E-state index is 2.99. The van der Waals surface area contributed by atoms with Gasteiger partial charge >= 0.3 is 0 Å². The van der Waals surface area contributed by atoms with E-state index in [0.29, 0.717) is 0 Å². The van der Waals surface area contributed by atoms with Crippen LogP contribution in [0, 0.1) is 43.2 Å². The van der Waals surface area contributed by atoms with Gasteiger partial charge in [-0.1, -0.05) is 0 Å². The molecule has 0 aromatic heterocycles. The Morgan fingerprint density at radius 1 is 0.786 bits per heavy atom. The maximum Gasteiger partial charge on any atom is 0 e. The van der Waals surface area contributed by atoms with Crippen molar-refractivity contribution in [1.29, 1.82) is 0 Å². The molecule has 1 rings (SSSR count). The van der Waals surface area contributed by atoms with Crippen LogP contribution in [0.2, 0.25) is 0 Å². The van der Waals surface area contributed by atoms with Crippen LogP contribution in [-0.4, -0.2) is 0 Å². The summed E-state index contributed by atoms with van der Waals surface area (Å²) in [5, 5.41) is 0. The third kappa shape index (κ3) is 51.0. The predicted molar refractivity (Wildman–Crippen MR) is 75.4 cm³/mol. The minimum atomic E-state index is 0. The molecule has 0 aromatic carbocycles. The van der Waals surface area contributed by atoms with E-state index in [0.717, 1.165) is 6.42 Å². The summed E-state index contributed by atoms with van der Waals surface area (Å²) in [7, 11) is 0. The van der Waals surface area contributed by atoms with Crippen LogP contribution < -0.4 is 0 Å². The Morgan fingerprint density at radius 2 is 1.14 bits per heavy atom. The Bertz CT molecular complexity index is 73.4. The van der Waals surface area contributed by atoms with Crippen molar-refractivity contribution in [2.45, 2.75) is 6.42 Å². The van der Waals surface area contributed by atoms with Gasteiger partial charge in [0.15, 0.2) is 0 Å². The Morgan fingerprint density at radius 3 is 1.21 bits per heavy atom. The summed E-state index contributed by atoms with van der Waals surface area (Å²) in [6, 6.07) is 0. The SMILES string of the molecule is Cl.Cl.Cl.[C-]1=CC=CC1.[CH3-].[CH3-].[CH3-].[CH3-].[CH3-].[Zr]. The molecule has 0 spiro atoms. The fourth-order valence-corrected chi connectivity index (χ4v) is 0.340. The van der Waals surface area contributed by atoms with Gasteiger partial charge in [0.05, 0.1) is 0 Å². The summed E-state index contributed by atoms with van der Waals surface area (Å²) in [4.78, 5) is 0. The molecule has 1 aliphatic carbocycles. The minimum Gasteiger partial charge on any atom is -0.358 e. The second-order valence-electron chi connectivity index (χ2n) is 1.00. The standard InChI is InChI=1S/C5H5.5CH3.3ClH.Zr/c1-2-4-5-3-1;;;;;;;;;/h1-3H,4H2;5*1H3;3*1H;/q6*-1;;;;. The minimum absolute atomic E-state index is 0. The normalized spacial score (nSPS) is 6.29. The quantitative estimate of drug-likeness (QED) is 0.555. The molecule has 0 radical (unpaired) electrons. The summed E-state index contributed by atoms with van der Waals surface area (Å²) >= 11 is 0. The average Bonchev–Trinajstić information content (AvgIpc) is 1.76. The van der Waals surface area contributed by atoms with Crippen molar-refractivity contribution in [1.82, 2.24) is 0 Å². The molecule has 0 saturated carbocycles. The van der Waals surface area contributed by atoms with Gasteiger partial charge in [-0.3, -0.25) is 6.08 Å². The van der Waals surface area contributed by atoms with Gasteiger partial charge in [0, 0.05) is 26.2 Å². The van der Waals surface area contributed by atoms with E-state index in [2.05, 4.69) is 12.2 Å². The monoisotopic (exact) mass is 338 g/mol. The first-order valence-corrected chi connectivity index (χ1v) is 1.72. The van der Waals surface area contributed by atoms with E-state index in [4.69, 9.17) is 0 Å². The smallest absolute Gasteiger partial charge is 0 e. The Hall–Kier alpha value is 1.23. The van der Waals surface area contributed by atoms with Crippen molar-refractivity contribution in [3.63, 3.8) is 0 Å². The van der Waals surface area contributed by atoms with Crippen molar-refractivity contribution in [2.75, 3.05) is 0 Å². The number of allylic oxidation sites excluding steroid dienone is 4. The largest absolute Gasteiger partial charge is 0.358 e. The Balaban J connectivity index is -0.00000000397. The van der Waals surface area contributed by atoms with Crippen molar-refractivity contribution in [3.05, 3.63) is 61.4 Å². The fraction of sp³-hybridized carbons (Fsp3) is 0.100. The molecule has 0 heterocycles. The van der Waals surface area contributed by atoms with Crippen LogP contribution in [0.4, 0.5) is 0 Å². The maximum atomic E-state index is 2.99. The second kappa shape index (κ2) is 64.2. The summed E-state index contributed by atoms with van der Waals surface area (Å²) in [5.74, 6) is 0. The molecule has 0 saturated heterocycles. The van der Waals surface area contributed by atoms with Crippen LogP contribution in [0.15, 0.2) is 18.2 Å². The third-order valence-electron chi connectivity index (χ3n) is 0.586. The summed E-state index contributed by atoms with van der Waals surface area (Å²) in [6.45, 7) is 0. The first kappa shape index (κ1) is 79.4. The molecule has 0 aromatic rings. The van der Waals surface area contributed by atoms with E-state index in [9.17, 15) is 0 Å². The molecule has 94 valence electrons. The molecule has 0 aliphatic heterocycles. The number of halogens is 3. The second-order valence-corrected chi connectivity index (χ2v) is 1.00. The average molecular weight is 341 g/mol. The zero-order valence-corrected chi connectivity index (χ0v) is 14.6. The van der Waals surface area contributed by atoms with Crippen LogP contribution in [-0.2, 0) is 26.2 Å². The van der Waals surface area contributed by atoms with Crippen molar-refractivity contribution in [2.24, 2.45) is 0 Å². The predicted octanol–water partition coefficient (Wildman–Crippen LogP) is 4.82. The number of hydrogen-bond donors (Lipinski definition) is 0. The molecular weight excluding hydrogens is 318 g/mol. The molecule has 4 heteroatoms. The summed E-state index contributed by atoms with van der Waals surface area (Å²) < 4.78 is 0. The van der Waals surface area contributed by atoms with Crippen LogP contribution in [0.25, 0.3) is 0 Å². The van der Waals surface area contributed by atoms with Gasteiger partial charge in [0.2, 0.25) is 0 Å². The first-order chi connectivity index (χ1) is 2.50. The summed E-state index contributed by atoms with van der Waals surface area (Å²) in [5.41, 5.74) is 0. The van der Waals surface area contributed by atoms with E-state index >= 15 is 0 Å². The Kier molecular flexibility index (Phi) is 364. The topological polar surface area (TPSA) is 0 Å². The van der Waals surface area contributed by atoms with E-state index in [1.165, 1.54) is 0 Å². The van der Waals surface area contributed by atoms with Gasteiger partial charge in [0.1, 0.15) is 0 Å². The number of hydrogen-bond acceptors (Lipinski definition) is 0. The van der Waals surface area contributed by atoms with Crippen LogP contribution >= 0.6 is 37.2 Å². The van der Waals surface area contributed by atoms with Crippen LogP contribution in [0.1, 0.15) is 6.42 Å². The van der Waals surface area contributed by atoms with E-state index in [1.807, 2.05) is 12.2 Å². The van der Waals surface area contributed by atoms with Crippen molar-refractivity contribution >= 4 is 37.2 Å². The van der Waals surface area contributed by atoms with Crippen LogP contribution in [0.5, 0.6) is 0 Å². The molecule has 0 amide bonds. The van der Waals surface area contributed by atoms with Gasteiger partial charge < -0.3 is 37.1 Å². The Labute approximate surface area is 130 Å². The van der Waals surface area contributed by atoms with E-state index in [1.54, 1.807) is 0 Å². The van der Waals surface area contributed by atoms with Crippen LogP contribution in [0.3, 0.4) is 0 Å². The molecular formula is C10H23Cl3Zr-6. The fourth-order valence-electron chi connectivity index (χ4n) is 0.340. The third-order valence-corrected chi connectivity index (χ3v) is 0.586. The molecule has 14 heavy (non-hydrogen) atoms. The molecule has 0 bridgehead atoms. The van der Waals surface area contributed by atoms with Gasteiger partial charge in [-0.25, -0.2) is 12.2 Å². The van der Waals surface area contributed by atoms with Crippen molar-refractivity contribution < 1.29 is 26.2 Å².